The fourth-order valence-corrected chi connectivity index (χ4v) is 0.603. The third-order valence-corrected chi connectivity index (χ3v) is 1.55. The van der Waals surface area contributed by atoms with Crippen molar-refractivity contribution in [3.63, 3.8) is 0 Å². The van der Waals surface area contributed by atoms with Crippen LogP contribution in [0.3, 0.4) is 0 Å². The number of aliphatic hydroxyl groups excluding tert-OH is 1. The van der Waals surface area contributed by atoms with Gasteiger partial charge < -0.3 is 5.11 Å². The second-order valence-corrected chi connectivity index (χ2v) is 2.64. The maximum atomic E-state index is 8.66. The molecule has 0 fully saturated rings. The summed E-state index contributed by atoms with van der Waals surface area (Å²) in [6.07, 6.45) is 5.81. The normalized spacial score (nSPS) is 13.8. The van der Waals surface area contributed by atoms with Gasteiger partial charge in [-0.05, 0) is 18.4 Å². The van der Waals surface area contributed by atoms with Crippen LogP contribution in [0.15, 0.2) is 24.5 Å². The van der Waals surface area contributed by atoms with Crippen molar-refractivity contribution < 1.29 is 5.11 Å². The van der Waals surface area contributed by atoms with Crippen LogP contribution < -0.4 is 0 Å². The first-order valence-electron chi connectivity index (χ1n) is 3.71. The molecule has 0 heterocycles. The third-order valence-electron chi connectivity index (χ3n) is 1.55. The van der Waals surface area contributed by atoms with Gasteiger partial charge in [0.1, 0.15) is 5.76 Å². The highest BCUT2D eigenvalue weighted by atomic mass is 16.3. The van der Waals surface area contributed by atoms with Crippen molar-refractivity contribution in [2.45, 2.75) is 26.7 Å². The summed E-state index contributed by atoms with van der Waals surface area (Å²) < 4.78 is 0. The van der Waals surface area contributed by atoms with Crippen molar-refractivity contribution in [3.8, 4) is 0 Å². The minimum absolute atomic E-state index is 0.142. The second kappa shape index (κ2) is 5.10. The average Bonchev–Trinajstić information content (AvgIpc) is 1.87. The molecule has 0 bridgehead atoms. The minimum Gasteiger partial charge on any atom is -0.509 e. The van der Waals surface area contributed by atoms with Gasteiger partial charge >= 0.3 is 0 Å². The monoisotopic (exact) mass is 140 g/mol. The molecule has 1 heteroatoms. The van der Waals surface area contributed by atoms with Crippen LogP contribution in [0, 0.1) is 5.92 Å². The molecule has 58 valence electrons. The molecule has 0 saturated carbocycles. The zero-order valence-electron chi connectivity index (χ0n) is 6.80. The quantitative estimate of drug-likeness (QED) is 0.470. The molecule has 0 spiro atoms. The highest BCUT2D eigenvalue weighted by Gasteiger charge is 1.92. The molecule has 10 heavy (non-hydrogen) atoms. The van der Waals surface area contributed by atoms with E-state index in [0.29, 0.717) is 5.92 Å². The molecule has 0 aliphatic rings. The van der Waals surface area contributed by atoms with Crippen LogP contribution in [0.1, 0.15) is 26.7 Å². The van der Waals surface area contributed by atoms with Gasteiger partial charge in [0.25, 0.3) is 0 Å². The van der Waals surface area contributed by atoms with Gasteiger partial charge in [0.05, 0.1) is 0 Å². The fraction of sp³-hybridized carbons (Fsp3) is 0.556. The highest BCUT2D eigenvalue weighted by Crippen LogP contribution is 2.06. The Balaban J connectivity index is 3.43. The van der Waals surface area contributed by atoms with Crippen molar-refractivity contribution >= 4 is 0 Å². The molecule has 1 unspecified atom stereocenters. The van der Waals surface area contributed by atoms with E-state index in [2.05, 4.69) is 20.4 Å². The summed E-state index contributed by atoms with van der Waals surface area (Å²) in [5.74, 6) is 0.846. The summed E-state index contributed by atoms with van der Waals surface area (Å²) in [4.78, 5) is 0. The highest BCUT2D eigenvalue weighted by molar-refractivity contribution is 5.04. The predicted octanol–water partition coefficient (Wildman–Crippen LogP) is 3.05. The Kier molecular flexibility index (Phi) is 4.73. The van der Waals surface area contributed by atoms with Crippen LogP contribution in [-0.4, -0.2) is 5.11 Å². The summed E-state index contributed by atoms with van der Waals surface area (Å²) in [5.41, 5.74) is 0. The SMILES string of the molecule is C=C(O)/C=C\CC(C)CC. The molecular weight excluding hydrogens is 124 g/mol. The maximum Gasteiger partial charge on any atom is 0.108 e. The van der Waals surface area contributed by atoms with E-state index in [9.17, 15) is 0 Å². The average molecular weight is 140 g/mol. The van der Waals surface area contributed by atoms with Crippen LogP contribution in [0.5, 0.6) is 0 Å². The Morgan fingerprint density at radius 3 is 2.70 bits per heavy atom. The topological polar surface area (TPSA) is 20.2 Å². The van der Waals surface area contributed by atoms with Crippen molar-refractivity contribution in [2.75, 3.05) is 0 Å². The second-order valence-electron chi connectivity index (χ2n) is 2.64. The lowest BCUT2D eigenvalue weighted by molar-refractivity contribution is 0.434. The molecule has 0 aromatic carbocycles. The van der Waals surface area contributed by atoms with Gasteiger partial charge in [-0.2, -0.15) is 0 Å². The lowest BCUT2D eigenvalue weighted by atomic mass is 10.1. The molecular formula is C9H16O. The van der Waals surface area contributed by atoms with Gasteiger partial charge in [-0.1, -0.05) is 32.9 Å². The summed E-state index contributed by atoms with van der Waals surface area (Å²) in [6.45, 7) is 7.69. The molecule has 0 saturated heterocycles. The Morgan fingerprint density at radius 1 is 1.70 bits per heavy atom. The molecule has 0 rings (SSSR count). The number of hydrogen-bond acceptors (Lipinski definition) is 1. The van der Waals surface area contributed by atoms with E-state index < -0.39 is 0 Å². The Morgan fingerprint density at radius 2 is 2.30 bits per heavy atom. The van der Waals surface area contributed by atoms with Gasteiger partial charge in [-0.15, -0.1) is 0 Å². The molecule has 1 atom stereocenters. The Bertz CT molecular complexity index is 125. The summed E-state index contributed by atoms with van der Waals surface area (Å²) in [7, 11) is 0. The maximum absolute atomic E-state index is 8.66. The lowest BCUT2D eigenvalue weighted by Crippen LogP contribution is -1.87. The Hall–Kier alpha value is -0.720. The molecule has 0 aromatic rings. The van der Waals surface area contributed by atoms with E-state index in [4.69, 9.17) is 5.11 Å². The van der Waals surface area contributed by atoms with Gasteiger partial charge in [0, 0.05) is 0 Å². The van der Waals surface area contributed by atoms with Gasteiger partial charge in [-0.25, -0.2) is 0 Å². The Labute approximate surface area is 63.1 Å². The molecule has 0 amide bonds. The smallest absolute Gasteiger partial charge is 0.108 e. The van der Waals surface area contributed by atoms with Crippen LogP contribution in [0.25, 0.3) is 0 Å². The zero-order valence-corrected chi connectivity index (χ0v) is 6.80. The van der Waals surface area contributed by atoms with Crippen LogP contribution in [-0.2, 0) is 0 Å². The van der Waals surface area contributed by atoms with Gasteiger partial charge in [0.15, 0.2) is 0 Å². The fourth-order valence-electron chi connectivity index (χ4n) is 0.603. The van der Waals surface area contributed by atoms with Gasteiger partial charge in [0.2, 0.25) is 0 Å². The van der Waals surface area contributed by atoms with E-state index in [-0.39, 0.29) is 5.76 Å². The summed E-state index contributed by atoms with van der Waals surface area (Å²) >= 11 is 0. The van der Waals surface area contributed by atoms with Crippen molar-refractivity contribution in [1.82, 2.24) is 0 Å². The molecule has 0 aliphatic carbocycles. The van der Waals surface area contributed by atoms with Crippen molar-refractivity contribution in [3.05, 3.63) is 24.5 Å². The molecule has 1 nitrogen and oxygen atoms in total. The van der Waals surface area contributed by atoms with E-state index in [0.717, 1.165) is 6.42 Å². The largest absolute Gasteiger partial charge is 0.509 e. The van der Waals surface area contributed by atoms with Crippen LogP contribution in [0.4, 0.5) is 0 Å². The van der Waals surface area contributed by atoms with E-state index in [1.807, 2.05) is 6.08 Å². The molecule has 0 radical (unpaired) electrons. The molecule has 1 N–H and O–H groups in total. The first kappa shape index (κ1) is 9.28. The minimum atomic E-state index is 0.142. The van der Waals surface area contributed by atoms with E-state index in [1.165, 1.54) is 6.42 Å². The lowest BCUT2D eigenvalue weighted by Gasteiger charge is -2.01. The summed E-state index contributed by atoms with van der Waals surface area (Å²) in [6, 6.07) is 0. The third kappa shape index (κ3) is 5.42. The van der Waals surface area contributed by atoms with Crippen molar-refractivity contribution in [1.29, 1.82) is 0 Å². The van der Waals surface area contributed by atoms with Crippen LogP contribution >= 0.6 is 0 Å². The van der Waals surface area contributed by atoms with Gasteiger partial charge in [-0.3, -0.25) is 0 Å². The number of allylic oxidation sites excluding steroid dienone is 2. The number of aliphatic hydroxyl groups is 1. The number of hydrogen-bond donors (Lipinski definition) is 1. The van der Waals surface area contributed by atoms with Crippen LogP contribution in [0.2, 0.25) is 0 Å². The molecule has 0 aliphatic heterocycles. The first-order valence-corrected chi connectivity index (χ1v) is 3.71. The molecule has 0 aromatic heterocycles. The number of rotatable bonds is 4. The summed E-state index contributed by atoms with van der Waals surface area (Å²) in [5, 5.41) is 8.66. The zero-order chi connectivity index (χ0) is 7.98. The first-order chi connectivity index (χ1) is 4.66. The predicted molar refractivity (Wildman–Crippen MR) is 45.0 cm³/mol. The van der Waals surface area contributed by atoms with E-state index >= 15 is 0 Å². The standard InChI is InChI=1S/C9H16O/c1-4-8(2)6-5-7-9(3)10/h5,7-8,10H,3-4,6H2,1-2H3/b7-5-. The van der Waals surface area contributed by atoms with Crippen molar-refractivity contribution in [2.24, 2.45) is 5.92 Å². The van der Waals surface area contributed by atoms with E-state index in [1.54, 1.807) is 6.08 Å².